The van der Waals surface area contributed by atoms with E-state index in [-0.39, 0.29) is 37.1 Å². The van der Waals surface area contributed by atoms with Gasteiger partial charge in [0.2, 0.25) is 11.8 Å². The van der Waals surface area contributed by atoms with Gasteiger partial charge in [-0.1, -0.05) is 29.8 Å². The first-order valence-electron chi connectivity index (χ1n) is 11.0. The number of rotatable bonds is 6. The molecule has 4 rings (SSSR count). The normalized spacial score (nSPS) is 22.3. The predicted molar refractivity (Wildman–Crippen MR) is 122 cm³/mol. The molecule has 8 nitrogen and oxygen atoms in total. The van der Waals surface area contributed by atoms with E-state index in [9.17, 15) is 18.0 Å². The van der Waals surface area contributed by atoms with Gasteiger partial charge in [-0.25, -0.2) is 13.9 Å². The van der Waals surface area contributed by atoms with Crippen LogP contribution in [0.3, 0.4) is 0 Å². The molecule has 1 aliphatic heterocycles. The van der Waals surface area contributed by atoms with Gasteiger partial charge in [-0.05, 0) is 56.0 Å². The zero-order valence-corrected chi connectivity index (χ0v) is 19.3. The summed E-state index contributed by atoms with van der Waals surface area (Å²) < 4.78 is 31.3. The van der Waals surface area contributed by atoms with Crippen LogP contribution in [0, 0.1) is 12.8 Å². The maximum absolute atomic E-state index is 13.5. The van der Waals surface area contributed by atoms with E-state index < -0.39 is 26.9 Å². The van der Waals surface area contributed by atoms with Gasteiger partial charge in [-0.15, -0.1) is 0 Å². The molecular weight excluding hydrogens is 444 g/mol. The number of nitrogens with zero attached hydrogens (tertiary/aromatic N) is 1. The lowest BCUT2D eigenvalue weighted by molar-refractivity contribution is -0.132. The van der Waals surface area contributed by atoms with Crippen LogP contribution in [0.25, 0.3) is 0 Å². The Morgan fingerprint density at radius 2 is 1.67 bits per heavy atom. The summed E-state index contributed by atoms with van der Waals surface area (Å²) in [5.41, 5.74) is 3.11. The highest BCUT2D eigenvalue weighted by Crippen LogP contribution is 2.42. The summed E-state index contributed by atoms with van der Waals surface area (Å²) in [5, 5.41) is 9.14. The zero-order chi connectivity index (χ0) is 23.6. The third-order valence-electron chi connectivity index (χ3n) is 6.46. The maximum Gasteiger partial charge on any atom is 0.245 e. The number of amides is 2. The molecule has 0 aromatic heterocycles. The Bertz CT molecular complexity index is 1130. The predicted octanol–water partition coefficient (Wildman–Crippen LogP) is 2.94. The number of aryl methyl sites for hydroxylation is 1. The Labute approximate surface area is 193 Å². The van der Waals surface area contributed by atoms with E-state index in [2.05, 4.69) is 0 Å². The van der Waals surface area contributed by atoms with Crippen LogP contribution < -0.4 is 10.2 Å². The van der Waals surface area contributed by atoms with Gasteiger partial charge in [0.25, 0.3) is 0 Å². The first kappa shape index (κ1) is 23.3. The van der Waals surface area contributed by atoms with Crippen LogP contribution in [0.2, 0.25) is 0 Å². The minimum Gasteiger partial charge on any atom is -0.457 e. The summed E-state index contributed by atoms with van der Waals surface area (Å²) in [7, 11) is -3.83. The van der Waals surface area contributed by atoms with Gasteiger partial charge in [0.05, 0.1) is 12.2 Å². The summed E-state index contributed by atoms with van der Waals surface area (Å²) in [6.07, 6.45) is 1.31. The number of hydrogen-bond acceptors (Lipinski definition) is 6. The van der Waals surface area contributed by atoms with Crippen molar-refractivity contribution in [3.63, 3.8) is 0 Å². The van der Waals surface area contributed by atoms with E-state index in [1.54, 1.807) is 34.6 Å². The molecule has 176 valence electrons. The van der Waals surface area contributed by atoms with Crippen LogP contribution in [0.5, 0.6) is 11.5 Å². The Morgan fingerprint density at radius 3 is 2.24 bits per heavy atom. The number of nitrogens with one attached hydrogen (secondary N) is 1. The molecule has 2 fully saturated rings. The van der Waals surface area contributed by atoms with Crippen LogP contribution in [-0.2, 0) is 24.2 Å². The minimum atomic E-state index is -3.83. The first-order valence-corrected chi connectivity index (χ1v) is 12.7. The smallest absolute Gasteiger partial charge is 0.245 e. The number of hydroxylamine groups is 1. The van der Waals surface area contributed by atoms with Gasteiger partial charge in [0.1, 0.15) is 16.2 Å². The van der Waals surface area contributed by atoms with Crippen molar-refractivity contribution in [1.82, 2.24) is 10.4 Å². The largest absolute Gasteiger partial charge is 0.457 e. The second-order valence-electron chi connectivity index (χ2n) is 8.81. The number of ether oxygens (including phenoxy) is 1. The van der Waals surface area contributed by atoms with Gasteiger partial charge in [0, 0.05) is 19.0 Å². The molecule has 1 unspecified atom stereocenters. The summed E-state index contributed by atoms with van der Waals surface area (Å²) in [6.45, 7) is 2.32. The summed E-state index contributed by atoms with van der Waals surface area (Å²) in [4.78, 5) is 26.4. The van der Waals surface area contributed by atoms with Crippen LogP contribution >= 0.6 is 0 Å². The maximum atomic E-state index is 13.5. The van der Waals surface area contributed by atoms with Gasteiger partial charge in [0.15, 0.2) is 9.84 Å². The van der Waals surface area contributed by atoms with Crippen molar-refractivity contribution in [2.24, 2.45) is 5.92 Å². The molecule has 0 spiro atoms. The molecule has 1 atom stereocenters. The summed E-state index contributed by atoms with van der Waals surface area (Å²) in [6, 6.07) is 14.2. The van der Waals surface area contributed by atoms with Crippen molar-refractivity contribution in [3.05, 3.63) is 59.7 Å². The quantitative estimate of drug-likeness (QED) is 0.494. The Morgan fingerprint density at radius 1 is 1.06 bits per heavy atom. The molecule has 2 amide bonds. The average molecular weight is 473 g/mol. The molecule has 2 aliphatic rings. The van der Waals surface area contributed by atoms with Crippen LogP contribution in [0.1, 0.15) is 36.8 Å². The number of sulfone groups is 1. The van der Waals surface area contributed by atoms with Crippen molar-refractivity contribution in [3.8, 4) is 11.5 Å². The molecule has 2 N–H and O–H groups in total. The van der Waals surface area contributed by atoms with Crippen molar-refractivity contribution in [2.75, 3.05) is 18.8 Å². The highest BCUT2D eigenvalue weighted by Gasteiger charge is 2.49. The van der Waals surface area contributed by atoms with E-state index in [4.69, 9.17) is 9.94 Å². The Kier molecular flexibility index (Phi) is 6.45. The van der Waals surface area contributed by atoms with Gasteiger partial charge in [-0.3, -0.25) is 14.8 Å². The van der Waals surface area contributed by atoms with Gasteiger partial charge >= 0.3 is 0 Å². The molecule has 9 heteroatoms. The second kappa shape index (κ2) is 9.15. The molecule has 2 aromatic rings. The van der Waals surface area contributed by atoms with E-state index >= 15 is 0 Å². The molecule has 1 saturated carbocycles. The van der Waals surface area contributed by atoms with Crippen molar-refractivity contribution < 1.29 is 28.0 Å². The molecule has 0 radical (unpaired) electrons. The van der Waals surface area contributed by atoms with E-state index in [0.717, 1.165) is 18.4 Å². The zero-order valence-electron chi connectivity index (χ0n) is 18.5. The molecule has 33 heavy (non-hydrogen) atoms. The van der Waals surface area contributed by atoms with Crippen molar-refractivity contribution in [2.45, 2.75) is 37.4 Å². The van der Waals surface area contributed by atoms with Crippen molar-refractivity contribution in [1.29, 1.82) is 0 Å². The minimum absolute atomic E-state index is 0.0147. The van der Waals surface area contributed by atoms with Crippen LogP contribution in [0.15, 0.2) is 48.5 Å². The van der Waals surface area contributed by atoms with E-state index in [1.165, 1.54) is 0 Å². The van der Waals surface area contributed by atoms with E-state index in [0.29, 0.717) is 17.1 Å². The Hall–Kier alpha value is -2.91. The number of benzene rings is 2. The highest BCUT2D eigenvalue weighted by atomic mass is 32.2. The third-order valence-corrected chi connectivity index (χ3v) is 8.95. The van der Waals surface area contributed by atoms with Crippen LogP contribution in [0.4, 0.5) is 0 Å². The lowest BCUT2D eigenvalue weighted by Gasteiger charge is -2.32. The fourth-order valence-electron chi connectivity index (χ4n) is 4.31. The molecule has 1 saturated heterocycles. The van der Waals surface area contributed by atoms with Gasteiger partial charge < -0.3 is 9.64 Å². The molecular formula is C24H28N2O6S. The lowest BCUT2D eigenvalue weighted by atomic mass is 9.90. The number of carbonyl (C=O) groups is 2. The van der Waals surface area contributed by atoms with Crippen LogP contribution in [-0.4, -0.2) is 49.2 Å². The second-order valence-corrected chi connectivity index (χ2v) is 11.2. The molecule has 0 bridgehead atoms. The molecule has 1 heterocycles. The SMILES string of the molecule is Cc1ccc(Oc2ccc(C3(CC(=O)NO)CCN(C(=O)C4CC4)CCS3(=O)=O)cc2)cc1. The summed E-state index contributed by atoms with van der Waals surface area (Å²) >= 11 is 0. The lowest BCUT2D eigenvalue weighted by Crippen LogP contribution is -2.42. The van der Waals surface area contributed by atoms with E-state index in [1.807, 2.05) is 31.2 Å². The monoisotopic (exact) mass is 472 g/mol. The number of carbonyl (C=O) groups excluding carboxylic acids is 2. The Balaban J connectivity index is 1.64. The average Bonchev–Trinajstić information content (AvgIpc) is 3.65. The van der Waals surface area contributed by atoms with Gasteiger partial charge in [-0.2, -0.15) is 0 Å². The first-order chi connectivity index (χ1) is 15.7. The van der Waals surface area contributed by atoms with Crippen molar-refractivity contribution >= 4 is 21.7 Å². The fourth-order valence-corrected chi connectivity index (χ4v) is 6.41. The third kappa shape index (κ3) is 4.89. The fraction of sp³-hybridized carbons (Fsp3) is 0.417. The topological polar surface area (TPSA) is 113 Å². The molecule has 2 aromatic carbocycles. The highest BCUT2D eigenvalue weighted by molar-refractivity contribution is 7.92. The summed E-state index contributed by atoms with van der Waals surface area (Å²) in [5.74, 6) is 0.111. The standard InChI is InChI=1S/C24H28N2O6S/c1-17-2-8-20(9-3-17)32-21-10-6-19(7-11-21)24(16-22(27)25-29)12-13-26(14-15-33(24,30)31)23(28)18-4-5-18/h2-3,6-11,18,29H,4-5,12-16H2,1H3,(H,25,27). The number of hydrogen-bond donors (Lipinski definition) is 2. The molecule has 1 aliphatic carbocycles.